The first-order chi connectivity index (χ1) is 11.2. The molecule has 3 N–H and O–H groups in total. The summed E-state index contributed by atoms with van der Waals surface area (Å²) in [5.74, 6) is 0.688. The third-order valence-electron chi connectivity index (χ3n) is 3.73. The quantitative estimate of drug-likeness (QED) is 0.424. The highest BCUT2D eigenvalue weighted by Crippen LogP contribution is 2.06. The fourth-order valence-electron chi connectivity index (χ4n) is 2.54. The number of benzene rings is 1. The normalized spacial score (nSPS) is 18.4. The van der Waals surface area contributed by atoms with E-state index in [4.69, 9.17) is 0 Å². The van der Waals surface area contributed by atoms with Gasteiger partial charge in [-0.05, 0) is 43.9 Å². The highest BCUT2D eigenvalue weighted by molar-refractivity contribution is 5.81. The first-order valence-corrected chi connectivity index (χ1v) is 8.23. The molecule has 1 aromatic rings. The number of nitrogens with one attached hydrogen (secondary N) is 3. The Labute approximate surface area is 136 Å². The molecule has 1 fully saturated rings. The summed E-state index contributed by atoms with van der Waals surface area (Å²) >= 11 is 0. The second-order valence-electron chi connectivity index (χ2n) is 5.68. The Morgan fingerprint density at radius 3 is 3.04 bits per heavy atom. The average Bonchev–Trinajstić information content (AvgIpc) is 2.54. The monoisotopic (exact) mass is 320 g/mol. The van der Waals surface area contributed by atoms with Crippen molar-refractivity contribution in [3.05, 3.63) is 35.6 Å². The summed E-state index contributed by atoms with van der Waals surface area (Å²) in [6, 6.07) is 6.90. The molecule has 0 radical (unpaired) electrons. The number of nitrogens with zero attached hydrogens (tertiary/aromatic N) is 1. The Bertz CT molecular complexity index is 537. The number of halogens is 1. The van der Waals surface area contributed by atoms with Gasteiger partial charge < -0.3 is 16.0 Å². The minimum absolute atomic E-state index is 0.111. The Morgan fingerprint density at radius 1 is 1.48 bits per heavy atom. The predicted octanol–water partition coefficient (Wildman–Crippen LogP) is 1.59. The SMILES string of the molecule is CCNC(=NCCCc1cccc(F)c1)NC1CCC(=O)NC1. The van der Waals surface area contributed by atoms with Gasteiger partial charge in [0.25, 0.3) is 0 Å². The van der Waals surface area contributed by atoms with Crippen molar-refractivity contribution >= 4 is 11.9 Å². The van der Waals surface area contributed by atoms with E-state index < -0.39 is 0 Å². The van der Waals surface area contributed by atoms with Gasteiger partial charge in [0.15, 0.2) is 5.96 Å². The molecule has 0 aliphatic carbocycles. The molecule has 0 spiro atoms. The van der Waals surface area contributed by atoms with Gasteiger partial charge in [-0.15, -0.1) is 0 Å². The summed E-state index contributed by atoms with van der Waals surface area (Å²) in [4.78, 5) is 15.7. The van der Waals surface area contributed by atoms with Gasteiger partial charge in [0.05, 0.1) is 0 Å². The lowest BCUT2D eigenvalue weighted by molar-refractivity contribution is -0.122. The molecule has 1 saturated heterocycles. The number of piperidine rings is 1. The molecule has 1 aromatic carbocycles. The van der Waals surface area contributed by atoms with Gasteiger partial charge in [-0.1, -0.05) is 12.1 Å². The molecule has 23 heavy (non-hydrogen) atoms. The lowest BCUT2D eigenvalue weighted by Gasteiger charge is -2.25. The van der Waals surface area contributed by atoms with Crippen LogP contribution in [0.3, 0.4) is 0 Å². The van der Waals surface area contributed by atoms with Crippen LogP contribution in [0.25, 0.3) is 0 Å². The number of aliphatic imine (C=N–C) groups is 1. The number of carbonyl (C=O) groups excluding carboxylic acids is 1. The number of hydrogen-bond acceptors (Lipinski definition) is 2. The maximum absolute atomic E-state index is 13.1. The highest BCUT2D eigenvalue weighted by atomic mass is 19.1. The number of carbonyl (C=O) groups is 1. The summed E-state index contributed by atoms with van der Waals surface area (Å²) in [7, 11) is 0. The molecule has 1 amide bonds. The Balaban J connectivity index is 1.77. The van der Waals surface area contributed by atoms with Gasteiger partial charge in [-0.25, -0.2) is 4.39 Å². The van der Waals surface area contributed by atoms with Gasteiger partial charge >= 0.3 is 0 Å². The van der Waals surface area contributed by atoms with Crippen LogP contribution in [0.2, 0.25) is 0 Å². The second-order valence-corrected chi connectivity index (χ2v) is 5.68. The Morgan fingerprint density at radius 2 is 2.35 bits per heavy atom. The standard InChI is InChI=1S/C17H25FN4O/c1-2-19-17(22-15-8-9-16(23)21-12-15)20-10-4-6-13-5-3-7-14(18)11-13/h3,5,7,11,15H,2,4,6,8-10,12H2,1H3,(H,21,23)(H2,19,20,22). The molecule has 1 aliphatic rings. The number of hydrogen-bond donors (Lipinski definition) is 3. The van der Waals surface area contributed by atoms with Crippen LogP contribution in [0.5, 0.6) is 0 Å². The van der Waals surface area contributed by atoms with Crippen molar-refractivity contribution < 1.29 is 9.18 Å². The molecule has 0 aromatic heterocycles. The van der Waals surface area contributed by atoms with Crippen LogP contribution < -0.4 is 16.0 Å². The van der Waals surface area contributed by atoms with Crippen LogP contribution in [-0.2, 0) is 11.2 Å². The number of rotatable bonds is 6. The van der Waals surface area contributed by atoms with Gasteiger partial charge in [0.1, 0.15) is 5.82 Å². The Kier molecular flexibility index (Phi) is 6.84. The molecule has 2 rings (SSSR count). The number of guanidine groups is 1. The average molecular weight is 320 g/mol. The summed E-state index contributed by atoms with van der Waals surface area (Å²) in [5.41, 5.74) is 0.994. The van der Waals surface area contributed by atoms with Crippen molar-refractivity contribution in [3.8, 4) is 0 Å². The summed E-state index contributed by atoms with van der Waals surface area (Å²) in [6.07, 6.45) is 3.04. The fourth-order valence-corrected chi connectivity index (χ4v) is 2.54. The molecular formula is C17H25FN4O. The van der Waals surface area contributed by atoms with Crippen LogP contribution in [0.15, 0.2) is 29.3 Å². The molecule has 1 atom stereocenters. The van der Waals surface area contributed by atoms with Crippen LogP contribution >= 0.6 is 0 Å². The van der Waals surface area contributed by atoms with E-state index in [2.05, 4.69) is 20.9 Å². The zero-order valence-corrected chi connectivity index (χ0v) is 13.6. The topological polar surface area (TPSA) is 65.5 Å². The maximum atomic E-state index is 13.1. The Hall–Kier alpha value is -2.11. The van der Waals surface area contributed by atoms with Crippen LogP contribution in [0.1, 0.15) is 31.7 Å². The summed E-state index contributed by atoms with van der Waals surface area (Å²) in [6.45, 7) is 4.11. The van der Waals surface area contributed by atoms with Crippen LogP contribution in [0, 0.1) is 5.82 Å². The second kappa shape index (κ2) is 9.12. The van der Waals surface area contributed by atoms with Crippen LogP contribution in [0.4, 0.5) is 4.39 Å². The minimum atomic E-state index is -0.194. The number of aryl methyl sites for hydroxylation is 1. The predicted molar refractivity (Wildman–Crippen MR) is 89.9 cm³/mol. The van der Waals surface area contributed by atoms with E-state index in [1.165, 1.54) is 6.07 Å². The molecule has 0 saturated carbocycles. The number of amides is 1. The lowest BCUT2D eigenvalue weighted by Crippen LogP contribution is -2.51. The molecule has 1 heterocycles. The highest BCUT2D eigenvalue weighted by Gasteiger charge is 2.18. The van der Waals surface area contributed by atoms with E-state index in [1.807, 2.05) is 13.0 Å². The maximum Gasteiger partial charge on any atom is 0.220 e. The molecular weight excluding hydrogens is 295 g/mol. The van der Waals surface area contributed by atoms with Crippen LogP contribution in [-0.4, -0.2) is 37.5 Å². The van der Waals surface area contributed by atoms with E-state index in [-0.39, 0.29) is 17.8 Å². The van der Waals surface area contributed by atoms with Crippen molar-refractivity contribution in [1.82, 2.24) is 16.0 Å². The van der Waals surface area contributed by atoms with Crippen molar-refractivity contribution in [2.75, 3.05) is 19.6 Å². The first-order valence-electron chi connectivity index (χ1n) is 8.23. The van der Waals surface area contributed by atoms with E-state index in [1.54, 1.807) is 12.1 Å². The molecule has 6 heteroatoms. The van der Waals surface area contributed by atoms with Crippen molar-refractivity contribution in [1.29, 1.82) is 0 Å². The van der Waals surface area contributed by atoms with Gasteiger partial charge in [0, 0.05) is 32.1 Å². The fraction of sp³-hybridized carbons (Fsp3) is 0.529. The molecule has 1 unspecified atom stereocenters. The van der Waals surface area contributed by atoms with Gasteiger partial charge in [-0.3, -0.25) is 9.79 Å². The largest absolute Gasteiger partial charge is 0.357 e. The minimum Gasteiger partial charge on any atom is -0.357 e. The van der Waals surface area contributed by atoms with Crippen molar-refractivity contribution in [2.24, 2.45) is 4.99 Å². The smallest absolute Gasteiger partial charge is 0.220 e. The third kappa shape index (κ3) is 6.26. The van der Waals surface area contributed by atoms with E-state index in [0.717, 1.165) is 37.3 Å². The molecule has 1 aliphatic heterocycles. The molecule has 5 nitrogen and oxygen atoms in total. The summed E-state index contributed by atoms with van der Waals surface area (Å²) in [5, 5.41) is 9.42. The zero-order valence-electron chi connectivity index (χ0n) is 13.6. The van der Waals surface area contributed by atoms with Crippen molar-refractivity contribution in [3.63, 3.8) is 0 Å². The van der Waals surface area contributed by atoms with E-state index in [9.17, 15) is 9.18 Å². The van der Waals surface area contributed by atoms with Crippen molar-refractivity contribution in [2.45, 2.75) is 38.6 Å². The van der Waals surface area contributed by atoms with E-state index in [0.29, 0.717) is 19.5 Å². The summed E-state index contributed by atoms with van der Waals surface area (Å²) < 4.78 is 13.1. The lowest BCUT2D eigenvalue weighted by atomic mass is 10.1. The van der Waals surface area contributed by atoms with Gasteiger partial charge in [0.2, 0.25) is 5.91 Å². The van der Waals surface area contributed by atoms with Gasteiger partial charge in [-0.2, -0.15) is 0 Å². The molecule has 0 bridgehead atoms. The first kappa shape index (κ1) is 17.2. The van der Waals surface area contributed by atoms with E-state index >= 15 is 0 Å². The zero-order chi connectivity index (χ0) is 16.5. The third-order valence-corrected chi connectivity index (χ3v) is 3.73. The molecule has 126 valence electrons.